The summed E-state index contributed by atoms with van der Waals surface area (Å²) in [5.74, 6) is -0.206. The molecule has 0 aliphatic heterocycles. The lowest BCUT2D eigenvalue weighted by Gasteiger charge is -2.24. The average Bonchev–Trinajstić information content (AvgIpc) is 3.00. The van der Waals surface area contributed by atoms with Gasteiger partial charge in [0.15, 0.2) is 0 Å². The van der Waals surface area contributed by atoms with Crippen LogP contribution in [0.2, 0.25) is 5.02 Å². The van der Waals surface area contributed by atoms with Crippen molar-refractivity contribution in [3.05, 3.63) is 71.4 Å². The zero-order valence-corrected chi connectivity index (χ0v) is 16.7. The molecule has 146 valence electrons. The summed E-state index contributed by atoms with van der Waals surface area (Å²) in [5.41, 5.74) is 4.92. The molecule has 0 unspecified atom stereocenters. The second kappa shape index (κ2) is 8.99. The molecule has 1 N–H and O–H groups in total. The van der Waals surface area contributed by atoms with E-state index in [2.05, 4.69) is 27.9 Å². The number of allylic oxidation sites excluding steroid dienone is 1. The molecule has 2 aromatic rings. The summed E-state index contributed by atoms with van der Waals surface area (Å²) in [4.78, 5) is 21.0. The first-order chi connectivity index (χ1) is 13.5. The van der Waals surface area contributed by atoms with Crippen molar-refractivity contribution in [3.8, 4) is 0 Å². The molecule has 1 aromatic carbocycles. The smallest absolute Gasteiger partial charge is 0.246 e. The van der Waals surface area contributed by atoms with Gasteiger partial charge >= 0.3 is 0 Å². The van der Waals surface area contributed by atoms with E-state index < -0.39 is 6.04 Å². The van der Waals surface area contributed by atoms with Crippen LogP contribution in [0.15, 0.2) is 54.6 Å². The van der Waals surface area contributed by atoms with Gasteiger partial charge in [-0.2, -0.15) is 0 Å². The Morgan fingerprint density at radius 2 is 2.36 bits per heavy atom. The van der Waals surface area contributed by atoms with Crippen molar-refractivity contribution in [1.82, 2.24) is 14.9 Å². The predicted molar refractivity (Wildman–Crippen MR) is 111 cm³/mol. The van der Waals surface area contributed by atoms with E-state index in [1.54, 1.807) is 18.7 Å². The van der Waals surface area contributed by atoms with E-state index in [1.807, 2.05) is 29.8 Å². The van der Waals surface area contributed by atoms with Gasteiger partial charge in [0.05, 0.1) is 24.3 Å². The molecule has 7 heteroatoms. The van der Waals surface area contributed by atoms with Gasteiger partial charge in [-0.15, -0.1) is 0 Å². The minimum Gasteiger partial charge on any atom is -0.375 e. The molecule has 0 saturated carbocycles. The topological polar surface area (TPSA) is 68.5 Å². The largest absolute Gasteiger partial charge is 0.375 e. The summed E-state index contributed by atoms with van der Waals surface area (Å²) in [6, 6.07) is 5.42. The molecule has 0 spiro atoms. The van der Waals surface area contributed by atoms with Gasteiger partial charge < -0.3 is 14.6 Å². The number of hydrogen-bond acceptors (Lipinski definition) is 4. The fourth-order valence-electron chi connectivity index (χ4n) is 3.39. The van der Waals surface area contributed by atoms with Crippen LogP contribution in [0.1, 0.15) is 29.3 Å². The molecule has 1 heterocycles. The SMILES string of the molecule is C=CN=C1CC=C([C@@H](NC(=O)COC)c2cncn2C)c2cc(Cl)ccc2C1. The number of amides is 1. The van der Waals surface area contributed by atoms with Crippen molar-refractivity contribution in [2.24, 2.45) is 12.0 Å². The van der Waals surface area contributed by atoms with Crippen molar-refractivity contribution in [2.75, 3.05) is 13.7 Å². The van der Waals surface area contributed by atoms with Crippen molar-refractivity contribution in [3.63, 3.8) is 0 Å². The third-order valence-corrected chi connectivity index (χ3v) is 4.89. The summed E-state index contributed by atoms with van der Waals surface area (Å²) in [7, 11) is 3.40. The number of aliphatic imine (C=N–C) groups is 1. The number of carbonyl (C=O) groups is 1. The number of ether oxygens (including phenoxy) is 1. The first kappa shape index (κ1) is 20.0. The van der Waals surface area contributed by atoms with Gasteiger partial charge in [0.2, 0.25) is 5.91 Å². The highest BCUT2D eigenvalue weighted by Crippen LogP contribution is 2.36. The second-order valence-corrected chi connectivity index (χ2v) is 7.02. The summed E-state index contributed by atoms with van der Waals surface area (Å²) in [6.45, 7) is 3.69. The Morgan fingerprint density at radius 3 is 3.04 bits per heavy atom. The van der Waals surface area contributed by atoms with Gasteiger partial charge in [0, 0.05) is 43.9 Å². The van der Waals surface area contributed by atoms with Gasteiger partial charge in [-0.1, -0.05) is 30.3 Å². The maximum Gasteiger partial charge on any atom is 0.246 e. The number of nitrogens with zero attached hydrogens (tertiary/aromatic N) is 3. The lowest BCUT2D eigenvalue weighted by Crippen LogP contribution is -2.33. The number of carbonyl (C=O) groups excluding carboxylic acids is 1. The Labute approximate surface area is 169 Å². The highest BCUT2D eigenvalue weighted by atomic mass is 35.5. The maximum absolute atomic E-state index is 12.4. The standard InChI is InChI=1S/C21H23ClN4O2/c1-4-24-16-7-8-17(18-10-15(22)6-5-14(18)9-16)21(25-20(27)12-28-3)19-11-23-13-26(19)2/h4-6,8,10-11,13,21H,1,7,9,12H2,2-3H3,(H,25,27)/t21-/m1/s1. The number of nitrogens with one attached hydrogen (secondary N) is 1. The van der Waals surface area contributed by atoms with Crippen LogP contribution in [0.4, 0.5) is 0 Å². The number of aromatic nitrogens is 2. The Kier molecular flexibility index (Phi) is 6.44. The molecule has 1 amide bonds. The van der Waals surface area contributed by atoms with Crippen LogP contribution < -0.4 is 5.32 Å². The number of methoxy groups -OCH3 is 1. The van der Waals surface area contributed by atoms with Crippen molar-refractivity contribution in [1.29, 1.82) is 0 Å². The second-order valence-electron chi connectivity index (χ2n) is 6.58. The van der Waals surface area contributed by atoms with Crippen LogP contribution in [-0.4, -0.2) is 34.9 Å². The molecule has 1 aliphatic rings. The van der Waals surface area contributed by atoms with Crippen LogP contribution >= 0.6 is 11.6 Å². The number of halogens is 1. The molecule has 0 fully saturated rings. The number of hydrogen-bond donors (Lipinski definition) is 1. The van der Waals surface area contributed by atoms with Crippen LogP contribution in [-0.2, 0) is 23.0 Å². The fraction of sp³-hybridized carbons (Fsp3) is 0.286. The van der Waals surface area contributed by atoms with Crippen molar-refractivity contribution in [2.45, 2.75) is 18.9 Å². The van der Waals surface area contributed by atoms with E-state index >= 15 is 0 Å². The molecular formula is C21H23ClN4O2. The zero-order chi connectivity index (χ0) is 20.1. The molecular weight excluding hydrogens is 376 g/mol. The van der Waals surface area contributed by atoms with E-state index in [-0.39, 0.29) is 12.5 Å². The van der Waals surface area contributed by atoms with Crippen LogP contribution in [0.25, 0.3) is 5.57 Å². The number of aryl methyl sites for hydroxylation is 1. The summed E-state index contributed by atoms with van der Waals surface area (Å²) < 4.78 is 6.89. The number of imidazole rings is 1. The minimum atomic E-state index is -0.393. The van der Waals surface area contributed by atoms with Gasteiger partial charge in [0.1, 0.15) is 6.61 Å². The lowest BCUT2D eigenvalue weighted by molar-refractivity contribution is -0.125. The van der Waals surface area contributed by atoms with E-state index in [4.69, 9.17) is 16.3 Å². The third kappa shape index (κ3) is 4.40. The van der Waals surface area contributed by atoms with E-state index in [1.165, 1.54) is 7.11 Å². The predicted octanol–water partition coefficient (Wildman–Crippen LogP) is 3.49. The molecule has 1 aliphatic carbocycles. The lowest BCUT2D eigenvalue weighted by atomic mass is 9.92. The quantitative estimate of drug-likeness (QED) is 0.809. The third-order valence-electron chi connectivity index (χ3n) is 4.65. The molecule has 1 aromatic heterocycles. The van der Waals surface area contributed by atoms with Crippen molar-refractivity contribution >= 4 is 28.8 Å². The van der Waals surface area contributed by atoms with Crippen LogP contribution in [0.5, 0.6) is 0 Å². The highest BCUT2D eigenvalue weighted by molar-refractivity contribution is 6.30. The Morgan fingerprint density at radius 1 is 1.54 bits per heavy atom. The van der Waals surface area contributed by atoms with Crippen LogP contribution in [0, 0.1) is 0 Å². The average molecular weight is 399 g/mol. The van der Waals surface area contributed by atoms with Crippen LogP contribution in [0.3, 0.4) is 0 Å². The van der Waals surface area contributed by atoms with E-state index in [9.17, 15) is 4.79 Å². The summed E-state index contributed by atoms with van der Waals surface area (Å²) >= 11 is 6.31. The van der Waals surface area contributed by atoms with Crippen molar-refractivity contribution < 1.29 is 9.53 Å². The first-order valence-electron chi connectivity index (χ1n) is 8.93. The number of fused-ring (bicyclic) bond motifs is 1. The van der Waals surface area contributed by atoms with Gasteiger partial charge in [-0.3, -0.25) is 9.79 Å². The molecule has 0 radical (unpaired) electrons. The molecule has 6 nitrogen and oxygen atoms in total. The zero-order valence-electron chi connectivity index (χ0n) is 16.0. The molecule has 0 saturated heterocycles. The summed E-state index contributed by atoms with van der Waals surface area (Å²) in [6.07, 6.45) is 8.47. The highest BCUT2D eigenvalue weighted by Gasteiger charge is 2.26. The first-order valence-corrected chi connectivity index (χ1v) is 9.31. The maximum atomic E-state index is 12.4. The molecule has 28 heavy (non-hydrogen) atoms. The fourth-order valence-corrected chi connectivity index (χ4v) is 3.56. The molecule has 0 bridgehead atoms. The Hall–Kier alpha value is -2.70. The van der Waals surface area contributed by atoms with E-state index in [0.29, 0.717) is 17.9 Å². The normalized spacial score (nSPS) is 16.1. The summed E-state index contributed by atoms with van der Waals surface area (Å²) in [5, 5.41) is 3.71. The van der Waals surface area contributed by atoms with Gasteiger partial charge in [-0.05, 0) is 28.8 Å². The minimum absolute atomic E-state index is 0.0206. The Bertz CT molecular complexity index is 946. The molecule has 3 rings (SSSR count). The van der Waals surface area contributed by atoms with Gasteiger partial charge in [-0.25, -0.2) is 4.98 Å². The monoisotopic (exact) mass is 398 g/mol. The van der Waals surface area contributed by atoms with E-state index in [0.717, 1.165) is 28.1 Å². The Balaban J connectivity index is 2.13. The van der Waals surface area contributed by atoms with Gasteiger partial charge in [0.25, 0.3) is 0 Å². The molecule has 1 atom stereocenters. The number of rotatable bonds is 6. The number of benzene rings is 1.